The molecule has 0 radical (unpaired) electrons. The SMILES string of the molecule is CCCCCCCCCCCCCCCC(CCCCC)C(C)(C)C(=O)O[SiH3]. The first-order valence-electron chi connectivity index (χ1n) is 12.6. The molecule has 0 amide bonds. The number of hydrogen-bond acceptors (Lipinski definition) is 2. The van der Waals surface area contributed by atoms with Gasteiger partial charge in [-0.3, -0.25) is 4.79 Å². The Hall–Kier alpha value is -0.313. The van der Waals surface area contributed by atoms with Crippen LogP contribution in [0, 0.1) is 11.3 Å². The predicted octanol–water partition coefficient (Wildman–Crippen LogP) is 7.51. The molecule has 0 aromatic carbocycles. The van der Waals surface area contributed by atoms with Gasteiger partial charge in [0.15, 0.2) is 0 Å². The Kier molecular flexibility index (Phi) is 18.5. The Morgan fingerprint density at radius 1 is 0.679 bits per heavy atom. The molecule has 28 heavy (non-hydrogen) atoms. The highest BCUT2D eigenvalue weighted by Crippen LogP contribution is 2.36. The van der Waals surface area contributed by atoms with E-state index in [2.05, 4.69) is 27.7 Å². The van der Waals surface area contributed by atoms with Crippen LogP contribution in [0.15, 0.2) is 0 Å². The van der Waals surface area contributed by atoms with Gasteiger partial charge in [-0.05, 0) is 32.6 Å². The summed E-state index contributed by atoms with van der Waals surface area (Å²) in [7, 11) is 0.512. The van der Waals surface area contributed by atoms with Crippen LogP contribution in [-0.2, 0) is 9.22 Å². The summed E-state index contributed by atoms with van der Waals surface area (Å²) in [4.78, 5) is 12.3. The van der Waals surface area contributed by atoms with Crippen molar-refractivity contribution >= 4 is 16.5 Å². The van der Waals surface area contributed by atoms with E-state index >= 15 is 0 Å². The van der Waals surface area contributed by atoms with Crippen molar-refractivity contribution in [1.82, 2.24) is 0 Å². The maximum absolute atomic E-state index is 12.3. The molecule has 168 valence electrons. The van der Waals surface area contributed by atoms with Crippen LogP contribution in [0.1, 0.15) is 143 Å². The van der Waals surface area contributed by atoms with Crippen LogP contribution in [-0.4, -0.2) is 16.5 Å². The van der Waals surface area contributed by atoms with E-state index in [1.54, 1.807) is 0 Å². The zero-order valence-electron chi connectivity index (χ0n) is 20.1. The van der Waals surface area contributed by atoms with Gasteiger partial charge in [0.05, 0.1) is 5.41 Å². The van der Waals surface area contributed by atoms with Gasteiger partial charge in [-0.2, -0.15) is 0 Å². The molecule has 3 heteroatoms. The zero-order chi connectivity index (χ0) is 21.1. The maximum atomic E-state index is 12.3. The van der Waals surface area contributed by atoms with Gasteiger partial charge < -0.3 is 4.43 Å². The number of carbonyl (C=O) groups is 1. The fourth-order valence-corrected chi connectivity index (χ4v) is 4.87. The zero-order valence-corrected chi connectivity index (χ0v) is 22.1. The van der Waals surface area contributed by atoms with Crippen LogP contribution in [0.25, 0.3) is 0 Å². The number of unbranched alkanes of at least 4 members (excludes halogenated alkanes) is 14. The van der Waals surface area contributed by atoms with Gasteiger partial charge in [0.2, 0.25) is 10.5 Å². The van der Waals surface area contributed by atoms with Crippen LogP contribution in [0.3, 0.4) is 0 Å². The van der Waals surface area contributed by atoms with E-state index < -0.39 is 0 Å². The van der Waals surface area contributed by atoms with E-state index in [1.165, 1.54) is 116 Å². The molecule has 0 aliphatic heterocycles. The summed E-state index contributed by atoms with van der Waals surface area (Å²) in [6, 6.07) is 0. The number of rotatable bonds is 20. The van der Waals surface area contributed by atoms with Gasteiger partial charge in [-0.1, -0.05) is 117 Å². The fraction of sp³-hybridized carbons (Fsp3) is 0.960. The molecule has 0 aliphatic rings. The summed E-state index contributed by atoms with van der Waals surface area (Å²) >= 11 is 0. The first-order chi connectivity index (χ1) is 13.5. The lowest BCUT2D eigenvalue weighted by Gasteiger charge is -2.32. The van der Waals surface area contributed by atoms with Crippen molar-refractivity contribution in [1.29, 1.82) is 0 Å². The third kappa shape index (κ3) is 13.8. The molecule has 1 atom stereocenters. The summed E-state index contributed by atoms with van der Waals surface area (Å²) < 4.78 is 5.22. The Balaban J connectivity index is 3.83. The van der Waals surface area contributed by atoms with Crippen molar-refractivity contribution in [2.45, 2.75) is 143 Å². The van der Waals surface area contributed by atoms with E-state index in [0.717, 1.165) is 0 Å². The van der Waals surface area contributed by atoms with Crippen molar-refractivity contribution in [3.63, 3.8) is 0 Å². The standard InChI is InChI=1S/C25H52O2Si/c1-5-7-9-10-11-12-13-14-15-16-17-18-20-22-23(21-19-8-6-2)25(3,4)24(26)27-28/h23H,5-22H2,1-4,28H3. The molecule has 0 bridgehead atoms. The lowest BCUT2D eigenvalue weighted by molar-refractivity contribution is -0.147. The van der Waals surface area contributed by atoms with Gasteiger partial charge >= 0.3 is 0 Å². The first-order valence-corrected chi connectivity index (χ1v) is 13.4. The van der Waals surface area contributed by atoms with Crippen LogP contribution in [0.2, 0.25) is 0 Å². The molecule has 2 nitrogen and oxygen atoms in total. The fourth-order valence-electron chi connectivity index (χ4n) is 4.34. The topological polar surface area (TPSA) is 26.3 Å². The van der Waals surface area contributed by atoms with E-state index in [-0.39, 0.29) is 11.4 Å². The minimum Gasteiger partial charge on any atom is -0.528 e. The molecule has 0 N–H and O–H groups in total. The summed E-state index contributed by atoms with van der Waals surface area (Å²) in [5.41, 5.74) is -0.313. The van der Waals surface area contributed by atoms with Crippen molar-refractivity contribution in [2.24, 2.45) is 11.3 Å². The average molecular weight is 413 g/mol. The number of carbonyl (C=O) groups excluding carboxylic acids is 1. The van der Waals surface area contributed by atoms with Gasteiger partial charge in [0.25, 0.3) is 5.97 Å². The molecule has 0 spiro atoms. The molecule has 1 unspecified atom stereocenters. The van der Waals surface area contributed by atoms with Gasteiger partial charge in [-0.25, -0.2) is 0 Å². The van der Waals surface area contributed by atoms with Gasteiger partial charge in [0, 0.05) is 0 Å². The van der Waals surface area contributed by atoms with E-state index in [1.807, 2.05) is 0 Å². The predicted molar refractivity (Wildman–Crippen MR) is 128 cm³/mol. The van der Waals surface area contributed by atoms with Crippen LogP contribution < -0.4 is 0 Å². The summed E-state index contributed by atoms with van der Waals surface area (Å²) in [6.07, 6.45) is 24.3. The largest absolute Gasteiger partial charge is 0.528 e. The van der Waals surface area contributed by atoms with Crippen LogP contribution in [0.4, 0.5) is 0 Å². The second-order valence-electron chi connectivity index (χ2n) is 9.44. The molecule has 0 saturated heterocycles. The third-order valence-corrected chi connectivity index (χ3v) is 6.92. The lowest BCUT2D eigenvalue weighted by atomic mass is 9.73. The molecule has 0 fully saturated rings. The number of hydrogen-bond donors (Lipinski definition) is 0. The minimum atomic E-state index is -0.313. The molecule has 0 saturated carbocycles. The Morgan fingerprint density at radius 2 is 1.00 bits per heavy atom. The highest BCUT2D eigenvalue weighted by Gasteiger charge is 2.36. The summed E-state index contributed by atoms with van der Waals surface area (Å²) in [5.74, 6) is 0.503. The van der Waals surface area contributed by atoms with E-state index in [9.17, 15) is 4.79 Å². The van der Waals surface area contributed by atoms with Crippen LogP contribution >= 0.6 is 0 Å². The highest BCUT2D eigenvalue weighted by molar-refractivity contribution is 6.06. The molecular formula is C25H52O2Si. The van der Waals surface area contributed by atoms with Gasteiger partial charge in [-0.15, -0.1) is 0 Å². The Morgan fingerprint density at radius 3 is 1.39 bits per heavy atom. The van der Waals surface area contributed by atoms with Crippen molar-refractivity contribution in [3.05, 3.63) is 0 Å². The summed E-state index contributed by atoms with van der Waals surface area (Å²) in [6.45, 7) is 8.74. The summed E-state index contributed by atoms with van der Waals surface area (Å²) in [5, 5.41) is 0. The van der Waals surface area contributed by atoms with Crippen molar-refractivity contribution in [2.75, 3.05) is 0 Å². The van der Waals surface area contributed by atoms with Crippen molar-refractivity contribution < 1.29 is 9.22 Å². The average Bonchev–Trinajstić information content (AvgIpc) is 2.69. The van der Waals surface area contributed by atoms with Crippen LogP contribution in [0.5, 0.6) is 0 Å². The molecule has 0 aliphatic carbocycles. The molecular weight excluding hydrogens is 360 g/mol. The minimum absolute atomic E-state index is 0.0235. The normalized spacial score (nSPS) is 13.0. The molecule has 0 heterocycles. The molecule has 0 rings (SSSR count). The van der Waals surface area contributed by atoms with Crippen molar-refractivity contribution in [3.8, 4) is 0 Å². The lowest BCUT2D eigenvalue weighted by Crippen LogP contribution is -2.34. The maximum Gasteiger partial charge on any atom is 0.297 e. The molecule has 0 aromatic rings. The second-order valence-corrected chi connectivity index (χ2v) is 9.85. The first kappa shape index (κ1) is 27.7. The highest BCUT2D eigenvalue weighted by atomic mass is 28.2. The Bertz CT molecular complexity index is 354. The van der Waals surface area contributed by atoms with E-state index in [4.69, 9.17) is 4.43 Å². The van der Waals surface area contributed by atoms with Gasteiger partial charge in [0.1, 0.15) is 0 Å². The second kappa shape index (κ2) is 18.7. The third-order valence-electron chi connectivity index (χ3n) is 6.54. The van der Waals surface area contributed by atoms with E-state index in [0.29, 0.717) is 16.4 Å². The Labute approximate surface area is 180 Å². The molecule has 0 aromatic heterocycles. The quantitative estimate of drug-likeness (QED) is 0.153. The monoisotopic (exact) mass is 412 g/mol. The smallest absolute Gasteiger partial charge is 0.297 e.